The first kappa shape index (κ1) is 16.2. The minimum atomic E-state index is -0.259. The van der Waals surface area contributed by atoms with E-state index in [0.717, 1.165) is 24.9 Å². The summed E-state index contributed by atoms with van der Waals surface area (Å²) in [5, 5.41) is 3.25. The van der Waals surface area contributed by atoms with E-state index in [4.69, 9.17) is 9.47 Å². The number of nitrogens with one attached hydrogen (secondary N) is 1. The molecule has 1 aliphatic carbocycles. The monoisotopic (exact) mass is 295 g/mol. The number of rotatable bonds is 7. The van der Waals surface area contributed by atoms with Gasteiger partial charge in [0, 0.05) is 25.8 Å². The van der Waals surface area contributed by atoms with Crippen LogP contribution in [0.5, 0.6) is 5.75 Å². The van der Waals surface area contributed by atoms with Gasteiger partial charge in [0.1, 0.15) is 0 Å². The Bertz CT molecular complexity index is 417. The Morgan fingerprint density at radius 3 is 2.67 bits per heavy atom. The first-order valence-electron chi connectivity index (χ1n) is 7.95. The van der Waals surface area contributed by atoms with E-state index >= 15 is 0 Å². The molecular weight excluding hydrogens is 269 g/mol. The van der Waals surface area contributed by atoms with Gasteiger partial charge in [-0.05, 0) is 31.7 Å². The Morgan fingerprint density at radius 2 is 1.95 bits per heavy atom. The van der Waals surface area contributed by atoms with E-state index in [1.54, 1.807) is 13.2 Å². The lowest BCUT2D eigenvalue weighted by Gasteiger charge is -2.20. The van der Waals surface area contributed by atoms with Crippen molar-refractivity contribution in [1.29, 1.82) is 0 Å². The Balaban J connectivity index is 1.98. The van der Waals surface area contributed by atoms with Gasteiger partial charge >= 0.3 is 0 Å². The van der Waals surface area contributed by atoms with Gasteiger partial charge in [-0.15, -0.1) is 0 Å². The average molecular weight is 295 g/mol. The normalized spacial score (nSPS) is 16.7. The summed E-state index contributed by atoms with van der Waals surface area (Å²) in [6.45, 7) is 1.99. The lowest BCUT2D eigenvalue weighted by molar-refractivity contribution is 0.173. The largest absolute Gasteiger partial charge is 0.487 e. The van der Waals surface area contributed by atoms with E-state index < -0.39 is 0 Å². The van der Waals surface area contributed by atoms with E-state index in [0.29, 0.717) is 18.9 Å². The summed E-state index contributed by atoms with van der Waals surface area (Å²) in [7, 11) is 1.67. The SMILES string of the molecule is COCCNCc1cccc(F)c1OC1CCCCCC1. The van der Waals surface area contributed by atoms with Crippen LogP contribution in [0.2, 0.25) is 0 Å². The number of hydrogen-bond acceptors (Lipinski definition) is 3. The zero-order valence-corrected chi connectivity index (χ0v) is 12.9. The van der Waals surface area contributed by atoms with Gasteiger partial charge in [-0.25, -0.2) is 4.39 Å². The fourth-order valence-electron chi connectivity index (χ4n) is 2.75. The number of ether oxygens (including phenoxy) is 2. The molecule has 118 valence electrons. The summed E-state index contributed by atoms with van der Waals surface area (Å²) < 4.78 is 25.1. The molecule has 4 heteroatoms. The van der Waals surface area contributed by atoms with E-state index in [9.17, 15) is 4.39 Å². The van der Waals surface area contributed by atoms with Crippen molar-refractivity contribution in [2.75, 3.05) is 20.3 Å². The highest BCUT2D eigenvalue weighted by atomic mass is 19.1. The maximum atomic E-state index is 14.1. The van der Waals surface area contributed by atoms with Gasteiger partial charge in [0.25, 0.3) is 0 Å². The molecule has 0 amide bonds. The van der Waals surface area contributed by atoms with Crippen LogP contribution in [0.4, 0.5) is 4.39 Å². The smallest absolute Gasteiger partial charge is 0.165 e. The van der Waals surface area contributed by atoms with Crippen molar-refractivity contribution in [2.24, 2.45) is 0 Å². The minimum Gasteiger partial charge on any atom is -0.487 e. The second-order valence-corrected chi connectivity index (χ2v) is 5.63. The summed E-state index contributed by atoms with van der Waals surface area (Å²) in [5.74, 6) is 0.166. The van der Waals surface area contributed by atoms with Crippen molar-refractivity contribution < 1.29 is 13.9 Å². The molecule has 0 atom stereocenters. The molecule has 1 aromatic rings. The fraction of sp³-hybridized carbons (Fsp3) is 0.647. The Kier molecular flexibility index (Phi) is 6.96. The van der Waals surface area contributed by atoms with Crippen LogP contribution in [0.1, 0.15) is 44.1 Å². The third-order valence-corrected chi connectivity index (χ3v) is 3.93. The Hall–Kier alpha value is -1.13. The highest BCUT2D eigenvalue weighted by Gasteiger charge is 2.18. The van der Waals surface area contributed by atoms with Gasteiger partial charge in [0.2, 0.25) is 0 Å². The zero-order valence-electron chi connectivity index (χ0n) is 12.9. The highest BCUT2D eigenvalue weighted by Crippen LogP contribution is 2.28. The third kappa shape index (κ3) is 5.29. The molecule has 0 heterocycles. The van der Waals surface area contributed by atoms with Crippen LogP contribution < -0.4 is 10.1 Å². The summed E-state index contributed by atoms with van der Waals surface area (Å²) in [6.07, 6.45) is 7.12. The van der Waals surface area contributed by atoms with Gasteiger partial charge < -0.3 is 14.8 Å². The van der Waals surface area contributed by atoms with Crippen LogP contribution >= 0.6 is 0 Å². The summed E-state index contributed by atoms with van der Waals surface area (Å²) >= 11 is 0. The molecule has 0 unspecified atom stereocenters. The molecule has 0 aliphatic heterocycles. The number of benzene rings is 1. The molecule has 2 rings (SSSR count). The molecule has 1 N–H and O–H groups in total. The summed E-state index contributed by atoms with van der Waals surface area (Å²) in [5.41, 5.74) is 0.885. The molecule has 0 radical (unpaired) electrons. The third-order valence-electron chi connectivity index (χ3n) is 3.93. The minimum absolute atomic E-state index is 0.155. The van der Waals surface area contributed by atoms with E-state index in [1.807, 2.05) is 6.07 Å². The van der Waals surface area contributed by atoms with E-state index in [1.165, 1.54) is 31.7 Å². The molecule has 1 fully saturated rings. The van der Waals surface area contributed by atoms with Crippen LogP contribution in [0.15, 0.2) is 18.2 Å². The van der Waals surface area contributed by atoms with Gasteiger partial charge in [0.05, 0.1) is 12.7 Å². The van der Waals surface area contributed by atoms with Gasteiger partial charge in [-0.2, -0.15) is 0 Å². The number of methoxy groups -OCH3 is 1. The topological polar surface area (TPSA) is 30.5 Å². The van der Waals surface area contributed by atoms with Crippen LogP contribution in [0.3, 0.4) is 0 Å². The lowest BCUT2D eigenvalue weighted by Crippen LogP contribution is -2.21. The van der Waals surface area contributed by atoms with E-state index in [-0.39, 0.29) is 11.9 Å². The molecule has 1 aliphatic rings. The fourth-order valence-corrected chi connectivity index (χ4v) is 2.75. The quantitative estimate of drug-likeness (QED) is 0.615. The van der Waals surface area contributed by atoms with Crippen molar-refractivity contribution in [3.63, 3.8) is 0 Å². The molecule has 21 heavy (non-hydrogen) atoms. The van der Waals surface area contributed by atoms with Crippen molar-refractivity contribution in [3.8, 4) is 5.75 Å². The maximum absolute atomic E-state index is 14.1. The summed E-state index contributed by atoms with van der Waals surface area (Å²) in [6, 6.07) is 5.14. The van der Waals surface area contributed by atoms with Gasteiger partial charge in [-0.1, -0.05) is 25.0 Å². The number of para-hydroxylation sites is 1. The number of hydrogen-bond donors (Lipinski definition) is 1. The van der Waals surface area contributed by atoms with Crippen molar-refractivity contribution in [2.45, 2.75) is 51.2 Å². The van der Waals surface area contributed by atoms with Crippen molar-refractivity contribution in [1.82, 2.24) is 5.32 Å². The number of halogens is 1. The van der Waals surface area contributed by atoms with Gasteiger partial charge in [-0.3, -0.25) is 0 Å². The highest BCUT2D eigenvalue weighted by molar-refractivity contribution is 5.35. The second-order valence-electron chi connectivity index (χ2n) is 5.63. The molecule has 1 saturated carbocycles. The first-order chi connectivity index (χ1) is 10.3. The predicted molar refractivity (Wildman–Crippen MR) is 82.1 cm³/mol. The van der Waals surface area contributed by atoms with Crippen LogP contribution in [-0.2, 0) is 11.3 Å². The zero-order chi connectivity index (χ0) is 14.9. The molecule has 0 aromatic heterocycles. The molecule has 1 aromatic carbocycles. The Morgan fingerprint density at radius 1 is 1.19 bits per heavy atom. The summed E-state index contributed by atoms with van der Waals surface area (Å²) in [4.78, 5) is 0. The van der Waals surface area contributed by atoms with Crippen LogP contribution in [-0.4, -0.2) is 26.4 Å². The van der Waals surface area contributed by atoms with Crippen LogP contribution in [0, 0.1) is 5.82 Å². The molecule has 3 nitrogen and oxygen atoms in total. The molecule has 0 spiro atoms. The predicted octanol–water partition coefficient (Wildman–Crippen LogP) is 3.66. The van der Waals surface area contributed by atoms with E-state index in [2.05, 4.69) is 5.32 Å². The average Bonchev–Trinajstić information content (AvgIpc) is 2.75. The van der Waals surface area contributed by atoms with Gasteiger partial charge in [0.15, 0.2) is 11.6 Å². The van der Waals surface area contributed by atoms with Crippen molar-refractivity contribution in [3.05, 3.63) is 29.6 Å². The standard InChI is InChI=1S/C17H26FNO2/c1-20-12-11-19-13-14-7-6-10-16(18)17(14)21-15-8-4-2-3-5-9-15/h6-7,10,15,19H,2-5,8-9,11-13H2,1H3. The maximum Gasteiger partial charge on any atom is 0.165 e. The molecule has 0 saturated heterocycles. The Labute approximate surface area is 126 Å². The first-order valence-corrected chi connectivity index (χ1v) is 7.95. The van der Waals surface area contributed by atoms with Crippen LogP contribution in [0.25, 0.3) is 0 Å². The second kappa shape index (κ2) is 9.00. The van der Waals surface area contributed by atoms with Crippen molar-refractivity contribution >= 4 is 0 Å². The lowest BCUT2D eigenvalue weighted by atomic mass is 10.1. The molecular formula is C17H26FNO2. The molecule has 0 bridgehead atoms.